The van der Waals surface area contributed by atoms with Crippen LogP contribution < -0.4 is 0 Å². The molecule has 1 nitrogen and oxygen atoms in total. The van der Waals surface area contributed by atoms with E-state index in [2.05, 4.69) is 45.4 Å². The highest BCUT2D eigenvalue weighted by Crippen LogP contribution is 2.35. The predicted octanol–water partition coefficient (Wildman–Crippen LogP) is 2.81. The maximum atomic E-state index is 4.03. The van der Waals surface area contributed by atoms with E-state index in [1.165, 1.54) is 17.7 Å². The highest BCUT2D eigenvalue weighted by Gasteiger charge is 2.31. The maximum Gasteiger partial charge on any atom is 0.0553 e. The Labute approximate surface area is 75.8 Å². The molecule has 1 aliphatic heterocycles. The Kier molecular flexibility index (Phi) is 2.61. The van der Waals surface area contributed by atoms with Crippen molar-refractivity contribution in [1.82, 2.24) is 4.90 Å². The third-order valence-corrected chi connectivity index (χ3v) is 2.49. The summed E-state index contributed by atoms with van der Waals surface area (Å²) in [4.78, 5) is 2.26. The van der Waals surface area contributed by atoms with Crippen LogP contribution in [0.15, 0.2) is 23.9 Å². The topological polar surface area (TPSA) is 3.24 Å². The Morgan fingerprint density at radius 3 is 2.58 bits per heavy atom. The SMILES string of the molecule is C=C1/C(=C\C(C)C)C(CC)N1C. The molecule has 0 bridgehead atoms. The van der Waals surface area contributed by atoms with Gasteiger partial charge in [0.1, 0.15) is 0 Å². The molecule has 12 heavy (non-hydrogen) atoms. The lowest BCUT2D eigenvalue weighted by atomic mass is 9.88. The van der Waals surface area contributed by atoms with Crippen molar-refractivity contribution in [3.05, 3.63) is 23.9 Å². The molecule has 0 spiro atoms. The van der Waals surface area contributed by atoms with Crippen molar-refractivity contribution >= 4 is 0 Å². The minimum absolute atomic E-state index is 0.625. The van der Waals surface area contributed by atoms with Crippen molar-refractivity contribution in [2.75, 3.05) is 7.05 Å². The Morgan fingerprint density at radius 2 is 2.17 bits per heavy atom. The summed E-state index contributed by atoms with van der Waals surface area (Å²) < 4.78 is 0. The largest absolute Gasteiger partial charge is 0.368 e. The van der Waals surface area contributed by atoms with E-state index in [-0.39, 0.29) is 0 Å². The zero-order valence-corrected chi connectivity index (χ0v) is 8.59. The van der Waals surface area contributed by atoms with Gasteiger partial charge in [0.2, 0.25) is 0 Å². The third kappa shape index (κ3) is 1.40. The van der Waals surface area contributed by atoms with Crippen LogP contribution in [0.25, 0.3) is 0 Å². The first kappa shape index (κ1) is 9.37. The average molecular weight is 165 g/mol. The average Bonchev–Trinajstić information content (AvgIpc) is 2.03. The molecular weight excluding hydrogens is 146 g/mol. The molecule has 0 aromatic carbocycles. The number of hydrogen-bond acceptors (Lipinski definition) is 1. The standard InChI is InChI=1S/C11H19N/c1-6-11-10(7-8(2)3)9(4)12(11)5/h7-8,11H,4,6H2,1-3,5H3/b10-7+. The van der Waals surface area contributed by atoms with E-state index in [1.54, 1.807) is 0 Å². The summed E-state index contributed by atoms with van der Waals surface area (Å²) in [5, 5.41) is 0. The quantitative estimate of drug-likeness (QED) is 0.608. The number of allylic oxidation sites excluding steroid dienone is 1. The van der Waals surface area contributed by atoms with E-state index >= 15 is 0 Å². The van der Waals surface area contributed by atoms with Gasteiger partial charge in [-0.15, -0.1) is 0 Å². The summed E-state index contributed by atoms with van der Waals surface area (Å²) in [5.41, 5.74) is 2.66. The summed E-state index contributed by atoms with van der Waals surface area (Å²) in [6.07, 6.45) is 3.52. The minimum Gasteiger partial charge on any atom is -0.368 e. The maximum absolute atomic E-state index is 4.03. The second-order valence-corrected chi connectivity index (χ2v) is 3.85. The smallest absolute Gasteiger partial charge is 0.0553 e. The minimum atomic E-state index is 0.625. The number of likely N-dealkylation sites (N-methyl/N-ethyl adjacent to an activating group) is 1. The van der Waals surface area contributed by atoms with Gasteiger partial charge in [0.05, 0.1) is 6.04 Å². The van der Waals surface area contributed by atoms with Gasteiger partial charge in [-0.2, -0.15) is 0 Å². The van der Waals surface area contributed by atoms with Crippen LogP contribution >= 0.6 is 0 Å². The van der Waals surface area contributed by atoms with Crippen molar-refractivity contribution in [2.45, 2.75) is 33.2 Å². The molecule has 0 amide bonds. The van der Waals surface area contributed by atoms with Crippen molar-refractivity contribution in [1.29, 1.82) is 0 Å². The third-order valence-electron chi connectivity index (χ3n) is 2.49. The number of rotatable bonds is 2. The zero-order valence-electron chi connectivity index (χ0n) is 8.59. The van der Waals surface area contributed by atoms with Gasteiger partial charge in [-0.1, -0.05) is 33.4 Å². The van der Waals surface area contributed by atoms with Gasteiger partial charge in [-0.25, -0.2) is 0 Å². The number of hydrogen-bond donors (Lipinski definition) is 0. The van der Waals surface area contributed by atoms with Gasteiger partial charge in [-0.05, 0) is 17.9 Å². The number of nitrogens with zero attached hydrogens (tertiary/aromatic N) is 1. The lowest BCUT2D eigenvalue weighted by Gasteiger charge is -2.44. The Bertz CT molecular complexity index is 213. The highest BCUT2D eigenvalue weighted by atomic mass is 15.2. The van der Waals surface area contributed by atoms with Gasteiger partial charge < -0.3 is 4.90 Å². The normalized spacial score (nSPS) is 26.8. The number of likely N-dealkylation sites (tertiary alicyclic amines) is 1. The van der Waals surface area contributed by atoms with Crippen molar-refractivity contribution in [2.24, 2.45) is 5.92 Å². The summed E-state index contributed by atoms with van der Waals surface area (Å²) in [7, 11) is 2.12. The first-order valence-electron chi connectivity index (χ1n) is 4.71. The van der Waals surface area contributed by atoms with E-state index in [0.717, 1.165) is 0 Å². The Balaban J connectivity index is 2.72. The lowest BCUT2D eigenvalue weighted by Crippen LogP contribution is -2.44. The molecule has 1 fully saturated rings. The highest BCUT2D eigenvalue weighted by molar-refractivity contribution is 5.42. The molecule has 1 unspecified atom stereocenters. The molecule has 0 radical (unpaired) electrons. The molecule has 1 aliphatic rings. The molecule has 1 atom stereocenters. The van der Waals surface area contributed by atoms with Crippen LogP contribution in [0.1, 0.15) is 27.2 Å². The van der Waals surface area contributed by atoms with Crippen molar-refractivity contribution in [3.63, 3.8) is 0 Å². The predicted molar refractivity (Wildman–Crippen MR) is 53.9 cm³/mol. The van der Waals surface area contributed by atoms with Crippen molar-refractivity contribution < 1.29 is 0 Å². The second kappa shape index (κ2) is 3.34. The van der Waals surface area contributed by atoms with Crippen molar-refractivity contribution in [3.8, 4) is 0 Å². The molecule has 0 aromatic heterocycles. The molecule has 0 N–H and O–H groups in total. The molecule has 0 saturated carbocycles. The van der Waals surface area contributed by atoms with Gasteiger partial charge in [0.25, 0.3) is 0 Å². The second-order valence-electron chi connectivity index (χ2n) is 3.85. The van der Waals surface area contributed by atoms with Crippen LogP contribution in [0.4, 0.5) is 0 Å². The molecule has 1 saturated heterocycles. The summed E-state index contributed by atoms with van der Waals surface area (Å²) in [5.74, 6) is 0.638. The lowest BCUT2D eigenvalue weighted by molar-refractivity contribution is 0.265. The molecule has 68 valence electrons. The first-order valence-corrected chi connectivity index (χ1v) is 4.71. The van der Waals surface area contributed by atoms with Crippen LogP contribution in [0.3, 0.4) is 0 Å². The van der Waals surface area contributed by atoms with E-state index in [4.69, 9.17) is 0 Å². The van der Waals surface area contributed by atoms with Crippen LogP contribution in [-0.4, -0.2) is 18.0 Å². The zero-order chi connectivity index (χ0) is 9.30. The Morgan fingerprint density at radius 1 is 1.58 bits per heavy atom. The van der Waals surface area contributed by atoms with Crippen LogP contribution in [-0.2, 0) is 0 Å². The molecule has 0 aromatic rings. The van der Waals surface area contributed by atoms with E-state index < -0.39 is 0 Å². The van der Waals surface area contributed by atoms with E-state index in [0.29, 0.717) is 12.0 Å². The van der Waals surface area contributed by atoms with E-state index in [9.17, 15) is 0 Å². The van der Waals surface area contributed by atoms with Crippen LogP contribution in [0.5, 0.6) is 0 Å². The van der Waals surface area contributed by atoms with Gasteiger partial charge in [-0.3, -0.25) is 0 Å². The fourth-order valence-corrected chi connectivity index (χ4v) is 1.79. The van der Waals surface area contributed by atoms with E-state index in [1.807, 2.05) is 0 Å². The molecule has 1 heteroatoms. The molecule has 1 rings (SSSR count). The summed E-state index contributed by atoms with van der Waals surface area (Å²) in [6.45, 7) is 10.7. The van der Waals surface area contributed by atoms with Gasteiger partial charge >= 0.3 is 0 Å². The molecular formula is C11H19N. The fraction of sp³-hybridized carbons (Fsp3) is 0.636. The molecule has 0 aliphatic carbocycles. The first-order chi connectivity index (χ1) is 5.57. The van der Waals surface area contributed by atoms with Gasteiger partial charge in [0.15, 0.2) is 0 Å². The summed E-state index contributed by atoms with van der Waals surface area (Å²) in [6, 6.07) is 0.625. The van der Waals surface area contributed by atoms with Crippen LogP contribution in [0, 0.1) is 5.92 Å². The monoisotopic (exact) mass is 165 g/mol. The molecule has 1 heterocycles. The summed E-state index contributed by atoms with van der Waals surface area (Å²) >= 11 is 0. The Hall–Kier alpha value is -0.720. The van der Waals surface area contributed by atoms with Crippen LogP contribution in [0.2, 0.25) is 0 Å². The fourth-order valence-electron chi connectivity index (χ4n) is 1.79. The van der Waals surface area contributed by atoms with Gasteiger partial charge in [0, 0.05) is 12.7 Å².